The number of nitrogens with one attached hydrogen (secondary N) is 2. The molecule has 226 valence electrons. The fraction of sp³-hybridized carbons (Fsp3) is 0.545. The molecule has 8 heteroatoms. The number of phenols is 1. The summed E-state index contributed by atoms with van der Waals surface area (Å²) in [6.45, 7) is 17.1. The summed E-state index contributed by atoms with van der Waals surface area (Å²) >= 11 is 0. The van der Waals surface area contributed by atoms with E-state index in [2.05, 4.69) is 17.6 Å². The van der Waals surface area contributed by atoms with Crippen LogP contribution in [-0.4, -0.2) is 51.6 Å². The number of aromatic hydroxyl groups is 1. The Morgan fingerprint density at radius 2 is 1.61 bits per heavy atom. The number of nitrogens with zero attached hydrogens (tertiary/aromatic N) is 1. The van der Waals surface area contributed by atoms with Gasteiger partial charge in [0.05, 0.1) is 0 Å². The normalized spacial score (nSPS) is 14.4. The lowest BCUT2D eigenvalue weighted by Crippen LogP contribution is -2.56. The maximum atomic E-state index is 14.6. The molecule has 0 saturated heterocycles. The van der Waals surface area contributed by atoms with Crippen LogP contribution in [0.3, 0.4) is 0 Å². The van der Waals surface area contributed by atoms with Crippen molar-refractivity contribution in [2.75, 3.05) is 0 Å². The molecule has 0 spiro atoms. The Morgan fingerprint density at radius 1 is 0.976 bits per heavy atom. The zero-order valence-corrected chi connectivity index (χ0v) is 26.2. The summed E-state index contributed by atoms with van der Waals surface area (Å²) in [7, 11) is 0. The van der Waals surface area contributed by atoms with E-state index < -0.39 is 23.8 Å². The molecular weight excluding hydrogens is 518 g/mol. The number of amides is 3. The Morgan fingerprint density at radius 3 is 2.17 bits per heavy atom. The summed E-state index contributed by atoms with van der Waals surface area (Å²) in [5.74, 6) is -0.540. The second kappa shape index (κ2) is 14.9. The van der Waals surface area contributed by atoms with Crippen molar-refractivity contribution in [3.05, 3.63) is 64.7 Å². The molecule has 2 rings (SSSR count). The average molecular weight is 568 g/mol. The number of benzene rings is 2. The number of ether oxygens (including phenoxy) is 1. The van der Waals surface area contributed by atoms with Crippen molar-refractivity contribution in [2.45, 2.75) is 118 Å². The number of carbonyl (C=O) groups is 3. The molecule has 0 saturated carbocycles. The molecule has 0 aliphatic rings. The molecule has 0 fully saturated rings. The summed E-state index contributed by atoms with van der Waals surface area (Å²) in [5.41, 5.74) is 2.61. The molecule has 3 amide bonds. The first kappa shape index (κ1) is 33.7. The highest BCUT2D eigenvalue weighted by Gasteiger charge is 2.39. The van der Waals surface area contributed by atoms with E-state index in [1.165, 1.54) is 12.1 Å². The minimum absolute atomic E-state index is 0.0679. The summed E-state index contributed by atoms with van der Waals surface area (Å²) in [5, 5.41) is 15.7. The molecule has 0 aliphatic heterocycles. The lowest BCUT2D eigenvalue weighted by atomic mass is 9.93. The highest BCUT2D eigenvalue weighted by molar-refractivity contribution is 5.93. The predicted molar refractivity (Wildman–Crippen MR) is 163 cm³/mol. The zero-order chi connectivity index (χ0) is 30.9. The molecule has 4 unspecified atom stereocenters. The van der Waals surface area contributed by atoms with Gasteiger partial charge in [-0.1, -0.05) is 56.2 Å². The highest BCUT2D eigenvalue weighted by Crippen LogP contribution is 2.30. The van der Waals surface area contributed by atoms with Crippen molar-refractivity contribution in [2.24, 2.45) is 0 Å². The lowest BCUT2D eigenvalue weighted by Gasteiger charge is -2.39. The standard InChI is InChI=1S/C33H49N3O5/c1-10-12-23(5)34-30(38)29(27-19-21(3)13-14-22(27)4)36(24(6)11-2)31(39)28(35-32(40)41-33(7,8)9)20-25-15-17-26(37)18-16-25/h13-19,23-24,28-29,37H,10-12,20H2,1-9H3,(H,34,38)(H,35,40). The average Bonchev–Trinajstić information content (AvgIpc) is 2.87. The monoisotopic (exact) mass is 567 g/mol. The van der Waals surface area contributed by atoms with Crippen LogP contribution in [0.4, 0.5) is 4.79 Å². The smallest absolute Gasteiger partial charge is 0.408 e. The largest absolute Gasteiger partial charge is 0.508 e. The van der Waals surface area contributed by atoms with Gasteiger partial charge in [-0.25, -0.2) is 4.79 Å². The van der Waals surface area contributed by atoms with Crippen molar-refractivity contribution in [1.29, 1.82) is 0 Å². The molecule has 0 aromatic heterocycles. The maximum Gasteiger partial charge on any atom is 0.408 e. The molecule has 3 N–H and O–H groups in total. The third-order valence-electron chi connectivity index (χ3n) is 7.05. The van der Waals surface area contributed by atoms with E-state index in [4.69, 9.17) is 4.74 Å². The van der Waals surface area contributed by atoms with Crippen molar-refractivity contribution >= 4 is 17.9 Å². The molecule has 0 radical (unpaired) electrons. The van der Waals surface area contributed by atoms with Crippen molar-refractivity contribution in [3.8, 4) is 5.75 Å². The molecule has 2 aromatic carbocycles. The number of rotatable bonds is 12. The quantitative estimate of drug-likeness (QED) is 0.286. The van der Waals surface area contributed by atoms with Crippen LogP contribution in [0, 0.1) is 13.8 Å². The van der Waals surface area contributed by atoms with Gasteiger partial charge >= 0.3 is 6.09 Å². The minimum Gasteiger partial charge on any atom is -0.508 e. The Balaban J connectivity index is 2.65. The lowest BCUT2D eigenvalue weighted by molar-refractivity contribution is -0.145. The SMILES string of the molecule is CCCC(C)NC(=O)C(c1cc(C)ccc1C)N(C(=O)C(Cc1ccc(O)cc1)NC(=O)OC(C)(C)C)C(C)CC. The van der Waals surface area contributed by atoms with E-state index in [1.54, 1.807) is 37.8 Å². The van der Waals surface area contributed by atoms with Crippen molar-refractivity contribution < 1.29 is 24.2 Å². The van der Waals surface area contributed by atoms with Gasteiger partial charge in [0.15, 0.2) is 0 Å². The topological polar surface area (TPSA) is 108 Å². The van der Waals surface area contributed by atoms with Gasteiger partial charge in [-0.05, 0) is 90.1 Å². The molecule has 8 nitrogen and oxygen atoms in total. The highest BCUT2D eigenvalue weighted by atomic mass is 16.6. The Bertz CT molecular complexity index is 1170. The summed E-state index contributed by atoms with van der Waals surface area (Å²) < 4.78 is 5.51. The van der Waals surface area contributed by atoms with Crippen LogP contribution >= 0.6 is 0 Å². The predicted octanol–water partition coefficient (Wildman–Crippen LogP) is 6.12. The van der Waals surface area contributed by atoms with Crippen LogP contribution in [0.1, 0.15) is 96.0 Å². The number of hydrogen-bond acceptors (Lipinski definition) is 5. The van der Waals surface area contributed by atoms with Gasteiger partial charge in [0.1, 0.15) is 23.4 Å². The minimum atomic E-state index is -1.02. The second-order valence-corrected chi connectivity index (χ2v) is 12.0. The summed E-state index contributed by atoms with van der Waals surface area (Å²) in [6, 6.07) is 10.1. The van der Waals surface area contributed by atoms with Gasteiger partial charge in [0, 0.05) is 18.5 Å². The first-order chi connectivity index (χ1) is 19.2. The first-order valence-corrected chi connectivity index (χ1v) is 14.6. The van der Waals surface area contributed by atoms with E-state index >= 15 is 0 Å². The molecule has 0 heterocycles. The van der Waals surface area contributed by atoms with Gasteiger partial charge in [-0.3, -0.25) is 9.59 Å². The Hall–Kier alpha value is -3.55. The number of hydrogen-bond donors (Lipinski definition) is 3. The van der Waals surface area contributed by atoms with Gasteiger partial charge in [-0.2, -0.15) is 0 Å². The number of alkyl carbamates (subject to hydrolysis) is 1. The van der Waals surface area contributed by atoms with Crippen molar-refractivity contribution in [3.63, 3.8) is 0 Å². The van der Waals surface area contributed by atoms with E-state index in [1.807, 2.05) is 52.8 Å². The number of phenolic OH excluding ortho intramolecular Hbond substituents is 1. The second-order valence-electron chi connectivity index (χ2n) is 12.0. The number of carbonyl (C=O) groups excluding carboxylic acids is 3. The van der Waals surface area contributed by atoms with Gasteiger partial charge in [0.2, 0.25) is 11.8 Å². The molecular formula is C33H49N3O5. The third kappa shape index (κ3) is 10.1. The van der Waals surface area contributed by atoms with E-state index in [0.29, 0.717) is 6.42 Å². The first-order valence-electron chi connectivity index (χ1n) is 14.6. The van der Waals surface area contributed by atoms with E-state index in [-0.39, 0.29) is 36.1 Å². The van der Waals surface area contributed by atoms with Crippen molar-refractivity contribution in [1.82, 2.24) is 15.5 Å². The summed E-state index contributed by atoms with van der Waals surface area (Å²) in [4.78, 5) is 43.2. The van der Waals surface area contributed by atoms with Crippen LogP contribution < -0.4 is 10.6 Å². The van der Waals surface area contributed by atoms with Gasteiger partial charge < -0.3 is 25.4 Å². The molecule has 0 aliphatic carbocycles. The fourth-order valence-corrected chi connectivity index (χ4v) is 4.79. The van der Waals surface area contributed by atoms with E-state index in [0.717, 1.165) is 35.1 Å². The van der Waals surface area contributed by atoms with Crippen LogP contribution in [0.2, 0.25) is 0 Å². The zero-order valence-electron chi connectivity index (χ0n) is 26.2. The number of aryl methyl sites for hydroxylation is 2. The van der Waals surface area contributed by atoms with Gasteiger partial charge in [0.25, 0.3) is 0 Å². The maximum absolute atomic E-state index is 14.6. The van der Waals surface area contributed by atoms with Gasteiger partial charge in [-0.15, -0.1) is 0 Å². The molecule has 0 bridgehead atoms. The molecule has 2 aromatic rings. The van der Waals surface area contributed by atoms with Crippen LogP contribution in [0.15, 0.2) is 42.5 Å². The fourth-order valence-electron chi connectivity index (χ4n) is 4.79. The van der Waals surface area contributed by atoms with Crippen LogP contribution in [-0.2, 0) is 20.7 Å². The third-order valence-corrected chi connectivity index (χ3v) is 7.05. The molecule has 41 heavy (non-hydrogen) atoms. The summed E-state index contributed by atoms with van der Waals surface area (Å²) in [6.07, 6.45) is 1.76. The molecule has 4 atom stereocenters. The Labute approximate surface area is 245 Å². The van der Waals surface area contributed by atoms with E-state index in [9.17, 15) is 19.5 Å². The van der Waals surface area contributed by atoms with Crippen LogP contribution in [0.25, 0.3) is 0 Å². The Kier molecular flexibility index (Phi) is 12.2. The van der Waals surface area contributed by atoms with Crippen LogP contribution in [0.5, 0.6) is 5.75 Å².